The third kappa shape index (κ3) is 4.91. The number of nitrogens with one attached hydrogen (secondary N) is 1. The molecule has 1 atom stereocenters. The van der Waals surface area contributed by atoms with Gasteiger partial charge in [0.1, 0.15) is 5.75 Å². The van der Waals surface area contributed by atoms with Crippen LogP contribution in [0.5, 0.6) is 5.75 Å². The van der Waals surface area contributed by atoms with Gasteiger partial charge in [0.05, 0.1) is 6.61 Å². The van der Waals surface area contributed by atoms with E-state index in [0.717, 1.165) is 31.1 Å². The van der Waals surface area contributed by atoms with Gasteiger partial charge in [-0.05, 0) is 50.5 Å². The van der Waals surface area contributed by atoms with Crippen LogP contribution in [0.3, 0.4) is 0 Å². The third-order valence-electron chi connectivity index (χ3n) is 2.90. The number of hydrogen-bond acceptors (Lipinski definition) is 3. The molecule has 1 aromatic carbocycles. The van der Waals surface area contributed by atoms with E-state index in [-0.39, 0.29) is 0 Å². The number of benzene rings is 1. The van der Waals surface area contributed by atoms with Crippen molar-refractivity contribution in [2.45, 2.75) is 33.2 Å². The maximum atomic E-state index is 5.93. The van der Waals surface area contributed by atoms with Crippen LogP contribution in [-0.2, 0) is 0 Å². The minimum absolute atomic E-state index is 0.339. The molecule has 0 aliphatic heterocycles. The Morgan fingerprint density at radius 3 is 2.83 bits per heavy atom. The summed E-state index contributed by atoms with van der Waals surface area (Å²) in [7, 11) is 0. The van der Waals surface area contributed by atoms with E-state index in [4.69, 9.17) is 4.74 Å². The number of aryl methyl sites for hydroxylation is 1. The zero-order chi connectivity index (χ0) is 13.4. The van der Waals surface area contributed by atoms with Gasteiger partial charge >= 0.3 is 0 Å². The summed E-state index contributed by atoms with van der Waals surface area (Å²) < 4.78 is 5.93. The minimum Gasteiger partial charge on any atom is -0.493 e. The molecule has 102 valence electrons. The molecule has 1 aromatic rings. The maximum absolute atomic E-state index is 5.93. The van der Waals surface area contributed by atoms with Crippen LogP contribution < -0.4 is 10.1 Å². The second-order valence-electron chi connectivity index (χ2n) is 4.52. The van der Waals surface area contributed by atoms with Crippen molar-refractivity contribution in [2.24, 2.45) is 0 Å². The molecule has 2 nitrogen and oxygen atoms in total. The quantitative estimate of drug-likeness (QED) is 0.724. The summed E-state index contributed by atoms with van der Waals surface area (Å²) >= 11 is 1.87. The molecule has 0 aliphatic rings. The zero-order valence-corrected chi connectivity index (χ0v) is 12.8. The first-order valence-electron chi connectivity index (χ1n) is 6.64. The Hall–Kier alpha value is -0.670. The molecular formula is C15H25NOS. The first kappa shape index (κ1) is 15.4. The first-order valence-corrected chi connectivity index (χ1v) is 8.04. The molecule has 0 spiro atoms. The smallest absolute Gasteiger partial charge is 0.124 e. The Balaban J connectivity index is 2.70. The lowest BCUT2D eigenvalue weighted by atomic mass is 10.0. The van der Waals surface area contributed by atoms with Gasteiger partial charge in [-0.15, -0.1) is 0 Å². The van der Waals surface area contributed by atoms with Crippen molar-refractivity contribution in [3.63, 3.8) is 0 Å². The average Bonchev–Trinajstić information content (AvgIpc) is 2.35. The highest BCUT2D eigenvalue weighted by atomic mass is 32.2. The fourth-order valence-corrected chi connectivity index (χ4v) is 2.33. The van der Waals surface area contributed by atoms with E-state index in [0.29, 0.717) is 6.04 Å². The lowest BCUT2D eigenvalue weighted by Crippen LogP contribution is -2.18. The van der Waals surface area contributed by atoms with Crippen LogP contribution in [0.15, 0.2) is 18.2 Å². The average molecular weight is 267 g/mol. The molecule has 0 fully saturated rings. The Bertz CT molecular complexity index is 354. The molecule has 0 saturated carbocycles. The number of thioether (sulfide) groups is 1. The van der Waals surface area contributed by atoms with Crippen LogP contribution in [0, 0.1) is 6.92 Å². The fourth-order valence-electron chi connectivity index (χ4n) is 1.93. The Labute approximate surface area is 116 Å². The summed E-state index contributed by atoms with van der Waals surface area (Å²) in [5.74, 6) is 2.19. The third-order valence-corrected chi connectivity index (χ3v) is 3.59. The Kier molecular flexibility index (Phi) is 7.21. The van der Waals surface area contributed by atoms with Crippen molar-refractivity contribution in [3.05, 3.63) is 29.3 Å². The predicted octanol–water partition coefficient (Wildman–Crippen LogP) is 3.80. The lowest BCUT2D eigenvalue weighted by Gasteiger charge is -2.18. The molecule has 0 heterocycles. The van der Waals surface area contributed by atoms with Crippen molar-refractivity contribution in [1.82, 2.24) is 5.32 Å². The maximum Gasteiger partial charge on any atom is 0.124 e. The second kappa shape index (κ2) is 8.44. The van der Waals surface area contributed by atoms with Gasteiger partial charge in [0.15, 0.2) is 0 Å². The SMILES string of the molecule is CCNC(C)c1ccc(C)cc1OCCCSC. The van der Waals surface area contributed by atoms with Crippen molar-refractivity contribution >= 4 is 11.8 Å². The van der Waals surface area contributed by atoms with Gasteiger partial charge in [0.25, 0.3) is 0 Å². The molecule has 0 bridgehead atoms. The highest BCUT2D eigenvalue weighted by molar-refractivity contribution is 7.98. The largest absolute Gasteiger partial charge is 0.493 e. The van der Waals surface area contributed by atoms with Crippen LogP contribution in [0.1, 0.15) is 37.4 Å². The fraction of sp³-hybridized carbons (Fsp3) is 0.600. The molecule has 0 amide bonds. The summed E-state index contributed by atoms with van der Waals surface area (Å²) in [6, 6.07) is 6.80. The standard InChI is InChI=1S/C15H25NOS/c1-5-16-13(3)14-8-7-12(2)11-15(14)17-9-6-10-18-4/h7-8,11,13,16H,5-6,9-10H2,1-4H3. The molecule has 3 heteroatoms. The molecule has 1 rings (SSSR count). The van der Waals surface area contributed by atoms with E-state index >= 15 is 0 Å². The van der Waals surface area contributed by atoms with E-state index in [1.165, 1.54) is 11.1 Å². The second-order valence-corrected chi connectivity index (χ2v) is 5.50. The topological polar surface area (TPSA) is 21.3 Å². The van der Waals surface area contributed by atoms with Crippen molar-refractivity contribution in [2.75, 3.05) is 25.2 Å². The molecular weight excluding hydrogens is 242 g/mol. The van der Waals surface area contributed by atoms with Crippen LogP contribution in [0.25, 0.3) is 0 Å². The van der Waals surface area contributed by atoms with Gasteiger partial charge in [-0.25, -0.2) is 0 Å². The van der Waals surface area contributed by atoms with Crippen molar-refractivity contribution in [3.8, 4) is 5.75 Å². The van der Waals surface area contributed by atoms with E-state index < -0.39 is 0 Å². The zero-order valence-electron chi connectivity index (χ0n) is 12.0. The van der Waals surface area contributed by atoms with E-state index in [2.05, 4.69) is 50.5 Å². The molecule has 0 aliphatic carbocycles. The number of ether oxygens (including phenoxy) is 1. The number of rotatable bonds is 8. The molecule has 0 radical (unpaired) electrons. The summed E-state index contributed by atoms with van der Waals surface area (Å²) in [6.07, 6.45) is 3.23. The highest BCUT2D eigenvalue weighted by Crippen LogP contribution is 2.26. The van der Waals surface area contributed by atoms with Gasteiger partial charge in [-0.3, -0.25) is 0 Å². The van der Waals surface area contributed by atoms with E-state index in [1.54, 1.807) is 0 Å². The van der Waals surface area contributed by atoms with E-state index in [1.807, 2.05) is 11.8 Å². The van der Waals surface area contributed by atoms with Gasteiger partial charge in [-0.2, -0.15) is 11.8 Å². The van der Waals surface area contributed by atoms with Crippen LogP contribution in [-0.4, -0.2) is 25.2 Å². The predicted molar refractivity (Wildman–Crippen MR) is 81.8 cm³/mol. The molecule has 1 unspecified atom stereocenters. The molecule has 0 saturated heterocycles. The Morgan fingerprint density at radius 1 is 1.39 bits per heavy atom. The van der Waals surface area contributed by atoms with Gasteiger partial charge in [0, 0.05) is 11.6 Å². The first-order chi connectivity index (χ1) is 8.69. The van der Waals surface area contributed by atoms with Gasteiger partial charge in [-0.1, -0.05) is 19.1 Å². The Morgan fingerprint density at radius 2 is 2.17 bits per heavy atom. The lowest BCUT2D eigenvalue weighted by molar-refractivity contribution is 0.312. The van der Waals surface area contributed by atoms with Crippen LogP contribution in [0.2, 0.25) is 0 Å². The summed E-state index contributed by atoms with van der Waals surface area (Å²) in [5, 5.41) is 3.44. The van der Waals surface area contributed by atoms with Crippen molar-refractivity contribution in [1.29, 1.82) is 0 Å². The number of hydrogen-bond donors (Lipinski definition) is 1. The minimum atomic E-state index is 0.339. The molecule has 0 aromatic heterocycles. The summed E-state index contributed by atoms with van der Waals surface area (Å²) in [6.45, 7) is 8.19. The van der Waals surface area contributed by atoms with Crippen LogP contribution in [0.4, 0.5) is 0 Å². The van der Waals surface area contributed by atoms with Crippen molar-refractivity contribution < 1.29 is 4.74 Å². The summed E-state index contributed by atoms with van der Waals surface area (Å²) in [4.78, 5) is 0. The molecule has 18 heavy (non-hydrogen) atoms. The van der Waals surface area contributed by atoms with Crippen LogP contribution >= 0.6 is 11.8 Å². The summed E-state index contributed by atoms with van der Waals surface area (Å²) in [5.41, 5.74) is 2.51. The normalized spacial score (nSPS) is 12.4. The highest BCUT2D eigenvalue weighted by Gasteiger charge is 2.10. The van der Waals surface area contributed by atoms with Gasteiger partial charge < -0.3 is 10.1 Å². The molecule has 1 N–H and O–H groups in total. The van der Waals surface area contributed by atoms with Gasteiger partial charge in [0.2, 0.25) is 0 Å². The van der Waals surface area contributed by atoms with E-state index in [9.17, 15) is 0 Å². The monoisotopic (exact) mass is 267 g/mol.